The van der Waals surface area contributed by atoms with E-state index in [1.165, 1.54) is 0 Å². The van der Waals surface area contributed by atoms with Gasteiger partial charge in [-0.2, -0.15) is 0 Å². The smallest absolute Gasteiger partial charge is 0.0334 e. The summed E-state index contributed by atoms with van der Waals surface area (Å²) in [5, 5.41) is 0. The molecule has 112 valence electrons. The number of nitrogen functional groups attached to an aromatic ring is 4. The molecule has 0 heterocycles. The Balaban J connectivity index is 0.000000188. The van der Waals surface area contributed by atoms with Gasteiger partial charge in [0.15, 0.2) is 0 Å². The maximum atomic E-state index is 5.61. The Morgan fingerprint density at radius 1 is 0.409 bits per heavy atom. The second kappa shape index (κ2) is 7.04. The molecule has 0 radical (unpaired) electrons. The maximum absolute atomic E-state index is 5.61. The molecule has 4 nitrogen and oxygen atoms in total. The lowest BCUT2D eigenvalue weighted by atomic mass is 10.1. The van der Waals surface area contributed by atoms with Crippen molar-refractivity contribution in [2.24, 2.45) is 0 Å². The molecule has 4 heteroatoms. The van der Waals surface area contributed by atoms with Gasteiger partial charge in [0.05, 0.1) is 0 Å². The van der Waals surface area contributed by atoms with Crippen LogP contribution in [0.4, 0.5) is 22.7 Å². The molecule has 0 aliphatic rings. The van der Waals surface area contributed by atoms with Crippen molar-refractivity contribution >= 4 is 22.7 Å². The monoisotopic (exact) mass is 292 g/mol. The third kappa shape index (κ3) is 4.45. The maximum Gasteiger partial charge on any atom is 0.0334 e. The van der Waals surface area contributed by atoms with Crippen LogP contribution >= 0.6 is 0 Å². The van der Waals surface area contributed by atoms with Gasteiger partial charge < -0.3 is 22.9 Å². The first-order valence-corrected chi connectivity index (χ1v) is 6.87. The van der Waals surface area contributed by atoms with Crippen LogP contribution in [0.15, 0.2) is 72.8 Å². The molecule has 0 aliphatic heterocycles. The van der Waals surface area contributed by atoms with E-state index < -0.39 is 0 Å². The minimum Gasteiger partial charge on any atom is -0.399 e. The largest absolute Gasteiger partial charge is 0.399 e. The molecule has 0 saturated heterocycles. The van der Waals surface area contributed by atoms with E-state index in [9.17, 15) is 0 Å². The fourth-order valence-electron chi connectivity index (χ4n) is 1.91. The Kier molecular flexibility index (Phi) is 4.88. The third-order valence-electron chi connectivity index (χ3n) is 3.07. The van der Waals surface area contributed by atoms with E-state index in [1.54, 1.807) is 18.2 Å². The Bertz CT molecular complexity index is 658. The van der Waals surface area contributed by atoms with Gasteiger partial charge in [-0.1, -0.05) is 30.3 Å². The fraction of sp³-hybridized carbons (Fsp3) is 0. The van der Waals surface area contributed by atoms with Crippen molar-refractivity contribution in [2.45, 2.75) is 0 Å². The van der Waals surface area contributed by atoms with Crippen LogP contribution in [-0.4, -0.2) is 0 Å². The topological polar surface area (TPSA) is 104 Å². The van der Waals surface area contributed by atoms with Crippen molar-refractivity contribution in [3.05, 3.63) is 72.8 Å². The van der Waals surface area contributed by atoms with E-state index in [1.807, 2.05) is 54.6 Å². The summed E-state index contributed by atoms with van der Waals surface area (Å²) in [4.78, 5) is 0. The molecular weight excluding hydrogens is 272 g/mol. The van der Waals surface area contributed by atoms with E-state index in [0.29, 0.717) is 11.4 Å². The lowest BCUT2D eigenvalue weighted by molar-refractivity contribution is 1.61. The Morgan fingerprint density at radius 2 is 0.773 bits per heavy atom. The number of anilines is 4. The van der Waals surface area contributed by atoms with Crippen LogP contribution in [-0.2, 0) is 0 Å². The molecule has 0 amide bonds. The highest BCUT2D eigenvalue weighted by Crippen LogP contribution is 2.21. The van der Waals surface area contributed by atoms with Crippen molar-refractivity contribution in [3.8, 4) is 11.1 Å². The van der Waals surface area contributed by atoms with Crippen molar-refractivity contribution in [2.75, 3.05) is 22.9 Å². The Morgan fingerprint density at radius 3 is 1.05 bits per heavy atom. The summed E-state index contributed by atoms with van der Waals surface area (Å²) in [5.74, 6) is 0. The van der Waals surface area contributed by atoms with Gasteiger partial charge in [0.1, 0.15) is 0 Å². The van der Waals surface area contributed by atoms with Crippen LogP contribution in [0.1, 0.15) is 0 Å². The van der Waals surface area contributed by atoms with E-state index in [2.05, 4.69) is 0 Å². The summed E-state index contributed by atoms with van der Waals surface area (Å²) in [7, 11) is 0. The summed E-state index contributed by atoms with van der Waals surface area (Å²) < 4.78 is 0. The summed E-state index contributed by atoms with van der Waals surface area (Å²) in [6.45, 7) is 0. The second-order valence-electron chi connectivity index (χ2n) is 4.91. The normalized spacial score (nSPS) is 9.64. The number of nitrogens with two attached hydrogens (primary N) is 4. The van der Waals surface area contributed by atoms with Gasteiger partial charge in [0.25, 0.3) is 0 Å². The summed E-state index contributed by atoms with van der Waals surface area (Å²) >= 11 is 0. The SMILES string of the molecule is Nc1ccc(-c2ccc(N)cc2)cc1.Nc1cccc(N)c1. The lowest BCUT2D eigenvalue weighted by Gasteiger charge is -2.02. The standard InChI is InChI=1S/C12H12N2.C6H8N2/c13-11-5-1-9(2-6-11)10-3-7-12(14)8-4-10;7-5-2-1-3-6(8)4-5/h1-8H,13-14H2;1-4H,7-8H2. The zero-order valence-corrected chi connectivity index (χ0v) is 12.2. The van der Waals surface area contributed by atoms with Crippen LogP contribution in [0, 0.1) is 0 Å². The van der Waals surface area contributed by atoms with Crippen LogP contribution in [0.3, 0.4) is 0 Å². The molecule has 3 rings (SSSR count). The average Bonchev–Trinajstić information content (AvgIpc) is 2.49. The van der Waals surface area contributed by atoms with E-state index in [-0.39, 0.29) is 0 Å². The molecule has 0 spiro atoms. The number of hydrogen-bond donors (Lipinski definition) is 4. The first kappa shape index (κ1) is 15.3. The van der Waals surface area contributed by atoms with E-state index >= 15 is 0 Å². The second-order valence-corrected chi connectivity index (χ2v) is 4.91. The molecular formula is C18H20N4. The van der Waals surface area contributed by atoms with E-state index in [4.69, 9.17) is 22.9 Å². The zero-order chi connectivity index (χ0) is 15.9. The predicted octanol–water partition coefficient (Wildman–Crippen LogP) is 3.37. The van der Waals surface area contributed by atoms with Crippen molar-refractivity contribution in [1.82, 2.24) is 0 Å². The number of hydrogen-bond acceptors (Lipinski definition) is 4. The van der Waals surface area contributed by atoms with Gasteiger partial charge in [-0.05, 0) is 53.6 Å². The van der Waals surface area contributed by atoms with Gasteiger partial charge >= 0.3 is 0 Å². The molecule has 22 heavy (non-hydrogen) atoms. The van der Waals surface area contributed by atoms with Crippen molar-refractivity contribution in [3.63, 3.8) is 0 Å². The van der Waals surface area contributed by atoms with Crippen molar-refractivity contribution < 1.29 is 0 Å². The first-order valence-electron chi connectivity index (χ1n) is 6.87. The minimum absolute atomic E-state index is 0.713. The highest BCUT2D eigenvalue weighted by Gasteiger charge is 1.95. The van der Waals surface area contributed by atoms with E-state index in [0.717, 1.165) is 22.5 Å². The number of rotatable bonds is 1. The molecule has 0 bridgehead atoms. The van der Waals surface area contributed by atoms with Crippen LogP contribution in [0.2, 0.25) is 0 Å². The van der Waals surface area contributed by atoms with Gasteiger partial charge in [-0.15, -0.1) is 0 Å². The quantitative estimate of drug-likeness (QED) is 0.516. The molecule has 0 saturated carbocycles. The molecule has 0 aromatic heterocycles. The summed E-state index contributed by atoms with van der Waals surface area (Å²) in [6.07, 6.45) is 0. The zero-order valence-electron chi connectivity index (χ0n) is 12.2. The Labute approximate surface area is 130 Å². The molecule has 3 aromatic carbocycles. The summed E-state index contributed by atoms with van der Waals surface area (Å²) in [6, 6.07) is 22.7. The van der Waals surface area contributed by atoms with Crippen LogP contribution in [0.5, 0.6) is 0 Å². The third-order valence-corrected chi connectivity index (χ3v) is 3.07. The minimum atomic E-state index is 0.713. The highest BCUT2D eigenvalue weighted by atomic mass is 14.6. The highest BCUT2D eigenvalue weighted by molar-refractivity contribution is 5.67. The molecule has 0 aliphatic carbocycles. The van der Waals surface area contributed by atoms with Gasteiger partial charge in [0, 0.05) is 22.7 Å². The molecule has 3 aromatic rings. The molecule has 0 fully saturated rings. The fourth-order valence-corrected chi connectivity index (χ4v) is 1.91. The molecule has 8 N–H and O–H groups in total. The lowest BCUT2D eigenvalue weighted by Crippen LogP contribution is -1.87. The molecule has 0 unspecified atom stereocenters. The number of benzene rings is 3. The Hall–Kier alpha value is -3.14. The van der Waals surface area contributed by atoms with Gasteiger partial charge in [-0.3, -0.25) is 0 Å². The summed E-state index contributed by atoms with van der Waals surface area (Å²) in [5.41, 5.74) is 27.3. The molecule has 0 atom stereocenters. The van der Waals surface area contributed by atoms with Gasteiger partial charge in [-0.25, -0.2) is 0 Å². The first-order chi connectivity index (χ1) is 10.5. The average molecular weight is 292 g/mol. The predicted molar refractivity (Wildman–Crippen MR) is 96.0 cm³/mol. The van der Waals surface area contributed by atoms with Gasteiger partial charge in [0.2, 0.25) is 0 Å². The van der Waals surface area contributed by atoms with Crippen LogP contribution < -0.4 is 22.9 Å². The van der Waals surface area contributed by atoms with Crippen LogP contribution in [0.25, 0.3) is 11.1 Å². The van der Waals surface area contributed by atoms with Crippen molar-refractivity contribution in [1.29, 1.82) is 0 Å².